The van der Waals surface area contributed by atoms with Crippen molar-refractivity contribution in [2.75, 3.05) is 6.79 Å². The van der Waals surface area contributed by atoms with E-state index in [0.717, 1.165) is 0 Å². The minimum atomic E-state index is -1.19. The van der Waals surface area contributed by atoms with Crippen LogP contribution in [0, 0.1) is 11.6 Å². The van der Waals surface area contributed by atoms with E-state index in [2.05, 4.69) is 0 Å². The van der Waals surface area contributed by atoms with Crippen molar-refractivity contribution in [3.8, 4) is 17.2 Å². The molecule has 0 spiro atoms. The maximum absolute atomic E-state index is 14.1. The Labute approximate surface area is 114 Å². The Hall–Kier alpha value is -2.83. The van der Waals surface area contributed by atoms with Crippen molar-refractivity contribution in [2.45, 2.75) is 0 Å². The van der Waals surface area contributed by atoms with Crippen LogP contribution in [0.3, 0.4) is 0 Å². The molecule has 0 saturated carbocycles. The lowest BCUT2D eigenvalue weighted by Crippen LogP contribution is -2.02. The molecule has 5 nitrogen and oxygen atoms in total. The van der Waals surface area contributed by atoms with E-state index in [9.17, 15) is 18.7 Å². The molecular formula is C14H6F2O5. The van der Waals surface area contributed by atoms with Crippen molar-refractivity contribution in [3.05, 3.63) is 40.3 Å². The van der Waals surface area contributed by atoms with Crippen LogP contribution in [-0.2, 0) is 0 Å². The lowest BCUT2D eigenvalue weighted by molar-refractivity contribution is 0.174. The van der Waals surface area contributed by atoms with Crippen molar-refractivity contribution in [1.29, 1.82) is 0 Å². The van der Waals surface area contributed by atoms with Crippen LogP contribution < -0.4 is 15.1 Å². The maximum Gasteiger partial charge on any atom is 0.344 e. The molecule has 2 aromatic carbocycles. The van der Waals surface area contributed by atoms with E-state index in [1.165, 1.54) is 12.1 Å². The second kappa shape index (κ2) is 3.85. The van der Waals surface area contributed by atoms with Crippen molar-refractivity contribution < 1.29 is 27.8 Å². The largest absolute Gasteiger partial charge is 0.505 e. The van der Waals surface area contributed by atoms with Crippen LogP contribution in [0.25, 0.3) is 21.7 Å². The molecule has 1 aliphatic rings. The first-order valence-corrected chi connectivity index (χ1v) is 5.93. The summed E-state index contributed by atoms with van der Waals surface area (Å²) in [6.07, 6.45) is 0. The van der Waals surface area contributed by atoms with Crippen LogP contribution in [0.4, 0.5) is 8.78 Å². The highest BCUT2D eigenvalue weighted by molar-refractivity contribution is 6.06. The van der Waals surface area contributed by atoms with E-state index < -0.39 is 28.6 Å². The van der Waals surface area contributed by atoms with Crippen molar-refractivity contribution in [3.63, 3.8) is 0 Å². The molecule has 1 aliphatic heterocycles. The molecule has 2 heterocycles. The van der Waals surface area contributed by atoms with Gasteiger partial charge in [0.15, 0.2) is 22.8 Å². The Bertz CT molecular complexity index is 977. The molecule has 0 aliphatic carbocycles. The summed E-state index contributed by atoms with van der Waals surface area (Å²) in [5, 5.41) is 9.22. The van der Waals surface area contributed by atoms with Crippen LogP contribution in [0.5, 0.6) is 17.2 Å². The van der Waals surface area contributed by atoms with Gasteiger partial charge in [0.25, 0.3) is 0 Å². The first kappa shape index (κ1) is 12.0. The fourth-order valence-electron chi connectivity index (χ4n) is 2.40. The number of rotatable bonds is 0. The minimum absolute atomic E-state index is 0.0213. The topological polar surface area (TPSA) is 68.9 Å². The molecule has 106 valence electrons. The fraction of sp³-hybridized carbons (Fsp3) is 0.0714. The number of hydrogen-bond acceptors (Lipinski definition) is 5. The highest BCUT2D eigenvalue weighted by atomic mass is 19.1. The third kappa shape index (κ3) is 1.51. The van der Waals surface area contributed by atoms with E-state index in [4.69, 9.17) is 13.9 Å². The molecule has 7 heteroatoms. The quantitative estimate of drug-likeness (QED) is 0.509. The zero-order valence-corrected chi connectivity index (χ0v) is 10.3. The summed E-state index contributed by atoms with van der Waals surface area (Å²) >= 11 is 0. The van der Waals surface area contributed by atoms with Crippen molar-refractivity contribution in [1.82, 2.24) is 0 Å². The van der Waals surface area contributed by atoms with Gasteiger partial charge in [0.1, 0.15) is 5.82 Å². The Morgan fingerprint density at radius 1 is 1.05 bits per heavy atom. The number of aromatic hydroxyl groups is 1. The monoisotopic (exact) mass is 292 g/mol. The lowest BCUT2D eigenvalue weighted by Gasteiger charge is -2.06. The van der Waals surface area contributed by atoms with Gasteiger partial charge in [-0.15, -0.1) is 0 Å². The van der Waals surface area contributed by atoms with Gasteiger partial charge in [0, 0.05) is 11.5 Å². The molecule has 0 fully saturated rings. The van der Waals surface area contributed by atoms with Crippen molar-refractivity contribution >= 4 is 21.7 Å². The van der Waals surface area contributed by atoms with Gasteiger partial charge < -0.3 is 19.0 Å². The molecule has 0 amide bonds. The summed E-state index contributed by atoms with van der Waals surface area (Å²) in [7, 11) is 0. The summed E-state index contributed by atoms with van der Waals surface area (Å²) in [5.41, 5.74) is -1.50. The molecule has 0 saturated heterocycles. The second-order valence-electron chi connectivity index (χ2n) is 4.54. The number of fused-ring (bicyclic) bond motifs is 4. The normalized spacial score (nSPS) is 13.2. The van der Waals surface area contributed by atoms with E-state index in [-0.39, 0.29) is 23.0 Å². The number of hydrogen-bond donors (Lipinski definition) is 1. The SMILES string of the molecule is O=c1oc2c(F)c(O)cc(F)c2c2cc3c(cc12)OCO3. The third-order valence-electron chi connectivity index (χ3n) is 3.35. The predicted molar refractivity (Wildman–Crippen MR) is 67.7 cm³/mol. The third-order valence-corrected chi connectivity index (χ3v) is 3.35. The fourth-order valence-corrected chi connectivity index (χ4v) is 2.40. The van der Waals surface area contributed by atoms with Crippen LogP contribution in [0.15, 0.2) is 27.4 Å². The van der Waals surface area contributed by atoms with Gasteiger partial charge in [-0.25, -0.2) is 9.18 Å². The molecule has 21 heavy (non-hydrogen) atoms. The first-order valence-electron chi connectivity index (χ1n) is 5.93. The molecule has 0 unspecified atom stereocenters. The number of ether oxygens (including phenoxy) is 2. The highest BCUT2D eigenvalue weighted by Gasteiger charge is 2.22. The summed E-state index contributed by atoms with van der Waals surface area (Å²) in [6, 6.07) is 3.37. The van der Waals surface area contributed by atoms with Crippen molar-refractivity contribution in [2.24, 2.45) is 0 Å². The molecule has 1 N–H and O–H groups in total. The zero-order chi connectivity index (χ0) is 14.7. The zero-order valence-electron chi connectivity index (χ0n) is 10.3. The Morgan fingerprint density at radius 3 is 2.43 bits per heavy atom. The average Bonchev–Trinajstić information content (AvgIpc) is 2.90. The lowest BCUT2D eigenvalue weighted by atomic mass is 10.1. The van der Waals surface area contributed by atoms with E-state index in [1.807, 2.05) is 0 Å². The molecule has 1 aromatic heterocycles. The molecular weight excluding hydrogens is 286 g/mol. The van der Waals surface area contributed by atoms with E-state index in [0.29, 0.717) is 17.6 Å². The summed E-state index contributed by atoms with van der Waals surface area (Å²) in [4.78, 5) is 11.9. The number of benzene rings is 2. The van der Waals surface area contributed by atoms with Gasteiger partial charge in [-0.3, -0.25) is 0 Å². The summed E-state index contributed by atoms with van der Waals surface area (Å²) in [6.45, 7) is -0.0213. The van der Waals surface area contributed by atoms with Crippen LogP contribution in [0.1, 0.15) is 0 Å². The van der Waals surface area contributed by atoms with Gasteiger partial charge in [-0.1, -0.05) is 0 Å². The van der Waals surface area contributed by atoms with Gasteiger partial charge in [-0.2, -0.15) is 4.39 Å². The number of halogens is 2. The van der Waals surface area contributed by atoms with Crippen LogP contribution >= 0.6 is 0 Å². The first-order chi connectivity index (χ1) is 10.1. The highest BCUT2D eigenvalue weighted by Crippen LogP contribution is 2.39. The Morgan fingerprint density at radius 2 is 1.71 bits per heavy atom. The van der Waals surface area contributed by atoms with Crippen LogP contribution in [0.2, 0.25) is 0 Å². The Balaban J connectivity index is 2.29. The average molecular weight is 292 g/mol. The van der Waals surface area contributed by atoms with Gasteiger partial charge in [-0.05, 0) is 12.1 Å². The smallest absolute Gasteiger partial charge is 0.344 e. The summed E-state index contributed by atoms with van der Waals surface area (Å²) in [5.74, 6) is -2.38. The van der Waals surface area contributed by atoms with E-state index in [1.54, 1.807) is 0 Å². The summed E-state index contributed by atoms with van der Waals surface area (Å²) < 4.78 is 43.0. The van der Waals surface area contributed by atoms with Gasteiger partial charge >= 0.3 is 5.63 Å². The standard InChI is InChI=1S/C14H6F2O5/c15-7-3-8(17)12(16)13-11(7)5-1-9-10(20-4-19-9)2-6(5)14(18)21-13/h1-3,17H,4H2. The predicted octanol–water partition coefficient (Wildman–Crippen LogP) is 2.66. The minimum Gasteiger partial charge on any atom is -0.505 e. The molecule has 0 atom stereocenters. The number of phenols is 1. The van der Waals surface area contributed by atoms with Gasteiger partial charge in [0.05, 0.1) is 10.8 Å². The molecule has 0 bridgehead atoms. The Kier molecular flexibility index (Phi) is 2.19. The molecule has 4 rings (SSSR count). The van der Waals surface area contributed by atoms with E-state index >= 15 is 0 Å². The molecule has 3 aromatic rings. The molecule has 0 radical (unpaired) electrons. The maximum atomic E-state index is 14.1. The second-order valence-corrected chi connectivity index (χ2v) is 4.54. The van der Waals surface area contributed by atoms with Crippen LogP contribution in [-0.4, -0.2) is 11.9 Å². The number of phenolic OH excluding ortho intramolecular Hbond substituents is 1. The van der Waals surface area contributed by atoms with Gasteiger partial charge in [0.2, 0.25) is 12.6 Å².